The Balaban J connectivity index is 1.17. The molecule has 1 amide bonds. The lowest BCUT2D eigenvalue weighted by atomic mass is 9.77. The first-order valence-corrected chi connectivity index (χ1v) is 12.8. The minimum Gasteiger partial charge on any atom is -0.437 e. The molecule has 4 saturated heterocycles. The number of amides is 1. The fraction of sp³-hybridized carbons (Fsp3) is 0.731. The predicted molar refractivity (Wildman–Crippen MR) is 126 cm³/mol. The lowest BCUT2D eigenvalue weighted by molar-refractivity contribution is -0.199. The maximum atomic E-state index is 12.8. The standard InChI is InChI=1S/C26H36F3N3O3/c1-18-3-4-20(23(11-18)32-13-21-15-34-16-22(21)14-32)12-30-8-5-25(6-9-30)7-10-31(17-25)24(33)35-19(2)26(27,28)29/h3-4,11,19,21-22H,5-10,12-17H2,1-2H3. The van der Waals surface area contributed by atoms with Crippen molar-refractivity contribution < 1.29 is 27.4 Å². The minimum absolute atomic E-state index is 0.0144. The van der Waals surface area contributed by atoms with E-state index in [0.717, 1.165) is 72.1 Å². The molecule has 9 heteroatoms. The van der Waals surface area contributed by atoms with Gasteiger partial charge >= 0.3 is 12.3 Å². The number of nitrogens with zero attached hydrogens (tertiary/aromatic N) is 3. The monoisotopic (exact) mass is 495 g/mol. The van der Waals surface area contributed by atoms with Crippen LogP contribution in [0.1, 0.15) is 37.3 Å². The van der Waals surface area contributed by atoms with E-state index in [0.29, 0.717) is 24.9 Å². The molecule has 0 aliphatic carbocycles. The lowest BCUT2D eigenvalue weighted by Gasteiger charge is -2.39. The van der Waals surface area contributed by atoms with Gasteiger partial charge < -0.3 is 19.3 Å². The number of hydrogen-bond donors (Lipinski definition) is 0. The lowest BCUT2D eigenvalue weighted by Crippen LogP contribution is -2.43. The number of rotatable bonds is 4. The molecular weight excluding hydrogens is 459 g/mol. The van der Waals surface area contributed by atoms with Crippen molar-refractivity contribution in [3.05, 3.63) is 29.3 Å². The van der Waals surface area contributed by atoms with Crippen LogP contribution in [0.2, 0.25) is 0 Å². The van der Waals surface area contributed by atoms with Gasteiger partial charge in [-0.3, -0.25) is 4.90 Å². The number of piperidine rings is 1. The molecule has 6 nitrogen and oxygen atoms in total. The number of carbonyl (C=O) groups is 1. The summed E-state index contributed by atoms with van der Waals surface area (Å²) < 4.78 is 48.6. The first kappa shape index (κ1) is 24.7. The van der Waals surface area contributed by atoms with E-state index in [-0.39, 0.29) is 5.41 Å². The zero-order valence-electron chi connectivity index (χ0n) is 20.6. The largest absolute Gasteiger partial charge is 0.437 e. The number of carbonyl (C=O) groups excluding carboxylic acids is 1. The number of alkyl halides is 3. The summed E-state index contributed by atoms with van der Waals surface area (Å²) in [5, 5.41) is 0. The Morgan fingerprint density at radius 2 is 1.80 bits per heavy atom. The molecule has 35 heavy (non-hydrogen) atoms. The number of aryl methyl sites for hydroxylation is 1. The van der Waals surface area contributed by atoms with Gasteiger partial charge in [0.15, 0.2) is 6.10 Å². The molecule has 4 fully saturated rings. The van der Waals surface area contributed by atoms with Gasteiger partial charge in [0, 0.05) is 50.2 Å². The van der Waals surface area contributed by atoms with E-state index >= 15 is 0 Å². The van der Waals surface area contributed by atoms with E-state index in [9.17, 15) is 18.0 Å². The Kier molecular flexibility index (Phi) is 6.68. The first-order chi connectivity index (χ1) is 16.6. The van der Waals surface area contributed by atoms with Crippen LogP contribution >= 0.6 is 0 Å². The summed E-state index contributed by atoms with van der Waals surface area (Å²) in [4.78, 5) is 18.8. The van der Waals surface area contributed by atoms with Crippen LogP contribution in [0, 0.1) is 24.2 Å². The van der Waals surface area contributed by atoms with E-state index in [1.807, 2.05) is 0 Å². The molecule has 194 valence electrons. The van der Waals surface area contributed by atoms with Gasteiger partial charge in [0.05, 0.1) is 13.2 Å². The summed E-state index contributed by atoms with van der Waals surface area (Å²) in [7, 11) is 0. The third kappa shape index (κ3) is 5.26. The van der Waals surface area contributed by atoms with E-state index in [2.05, 4.69) is 39.7 Å². The summed E-state index contributed by atoms with van der Waals surface area (Å²) in [5.74, 6) is 1.27. The topological polar surface area (TPSA) is 45.2 Å². The van der Waals surface area contributed by atoms with Crippen molar-refractivity contribution in [1.29, 1.82) is 0 Å². The summed E-state index contributed by atoms with van der Waals surface area (Å²) in [6.45, 7) is 10.6. The van der Waals surface area contributed by atoms with Crippen LogP contribution in [0.5, 0.6) is 0 Å². The zero-order chi connectivity index (χ0) is 24.8. The van der Waals surface area contributed by atoms with Crippen molar-refractivity contribution >= 4 is 11.8 Å². The molecule has 3 atom stereocenters. The molecule has 0 radical (unpaired) electrons. The maximum absolute atomic E-state index is 12.8. The van der Waals surface area contributed by atoms with Gasteiger partial charge in [0.25, 0.3) is 0 Å². The van der Waals surface area contributed by atoms with Gasteiger partial charge in [-0.1, -0.05) is 12.1 Å². The van der Waals surface area contributed by atoms with Crippen molar-refractivity contribution in [3.8, 4) is 0 Å². The average molecular weight is 496 g/mol. The molecule has 4 aliphatic rings. The SMILES string of the molecule is Cc1ccc(CN2CCC3(CC2)CCN(C(=O)OC(C)C(F)(F)F)C3)c(N2CC3COCC3C2)c1. The fourth-order valence-electron chi connectivity index (χ4n) is 6.20. The molecule has 1 spiro atoms. The Hall–Kier alpha value is -2.00. The van der Waals surface area contributed by atoms with E-state index in [1.165, 1.54) is 21.7 Å². The summed E-state index contributed by atoms with van der Waals surface area (Å²) in [6.07, 6.45) is -4.76. The van der Waals surface area contributed by atoms with E-state index < -0.39 is 18.4 Å². The molecule has 0 saturated carbocycles. The molecule has 0 N–H and O–H groups in total. The van der Waals surface area contributed by atoms with E-state index in [4.69, 9.17) is 4.74 Å². The van der Waals surface area contributed by atoms with Crippen LogP contribution < -0.4 is 4.90 Å². The van der Waals surface area contributed by atoms with Crippen LogP contribution in [-0.4, -0.2) is 80.7 Å². The third-order valence-electron chi connectivity index (χ3n) is 8.57. The van der Waals surface area contributed by atoms with Crippen LogP contribution in [0.4, 0.5) is 23.7 Å². The molecule has 5 rings (SSSR count). The van der Waals surface area contributed by atoms with Gasteiger partial charge in [0.2, 0.25) is 0 Å². The molecule has 1 aromatic rings. The highest BCUT2D eigenvalue weighted by molar-refractivity contribution is 5.68. The summed E-state index contributed by atoms with van der Waals surface area (Å²) in [6, 6.07) is 6.76. The second kappa shape index (κ2) is 9.47. The summed E-state index contributed by atoms with van der Waals surface area (Å²) >= 11 is 0. The predicted octanol–water partition coefficient (Wildman–Crippen LogP) is 4.45. The number of ether oxygens (including phenoxy) is 2. The highest BCUT2D eigenvalue weighted by Crippen LogP contribution is 2.42. The Morgan fingerprint density at radius 3 is 2.46 bits per heavy atom. The molecule has 0 aromatic heterocycles. The Labute approximate surface area is 205 Å². The zero-order valence-corrected chi connectivity index (χ0v) is 20.6. The molecule has 3 unspecified atom stereocenters. The van der Waals surface area contributed by atoms with Gasteiger partial charge in [-0.25, -0.2) is 4.79 Å². The molecule has 4 heterocycles. The molecule has 4 aliphatic heterocycles. The number of anilines is 1. The van der Waals surface area contributed by atoms with E-state index in [1.54, 1.807) is 0 Å². The fourth-order valence-corrected chi connectivity index (χ4v) is 6.20. The maximum Gasteiger partial charge on any atom is 0.425 e. The quantitative estimate of drug-likeness (QED) is 0.618. The van der Waals surface area contributed by atoms with Crippen molar-refractivity contribution in [2.45, 2.75) is 51.9 Å². The van der Waals surface area contributed by atoms with Crippen LogP contribution in [-0.2, 0) is 16.0 Å². The third-order valence-corrected chi connectivity index (χ3v) is 8.57. The van der Waals surface area contributed by atoms with Gasteiger partial charge in [-0.15, -0.1) is 0 Å². The molecule has 1 aromatic carbocycles. The normalized spacial score (nSPS) is 27.5. The van der Waals surface area contributed by atoms with Gasteiger partial charge in [0.1, 0.15) is 0 Å². The number of fused-ring (bicyclic) bond motifs is 1. The molecular formula is C26H36F3N3O3. The smallest absolute Gasteiger partial charge is 0.425 e. The number of likely N-dealkylation sites (tertiary alicyclic amines) is 2. The van der Waals surface area contributed by atoms with Crippen LogP contribution in [0.25, 0.3) is 0 Å². The highest BCUT2D eigenvalue weighted by atomic mass is 19.4. The van der Waals surface area contributed by atoms with Crippen molar-refractivity contribution in [2.75, 3.05) is 57.4 Å². The highest BCUT2D eigenvalue weighted by Gasteiger charge is 2.45. The van der Waals surface area contributed by atoms with Crippen LogP contribution in [0.3, 0.4) is 0 Å². The number of benzene rings is 1. The Morgan fingerprint density at radius 1 is 1.14 bits per heavy atom. The molecule has 0 bridgehead atoms. The van der Waals surface area contributed by atoms with Crippen molar-refractivity contribution in [1.82, 2.24) is 9.80 Å². The van der Waals surface area contributed by atoms with Crippen molar-refractivity contribution in [3.63, 3.8) is 0 Å². The average Bonchev–Trinajstić information content (AvgIpc) is 3.51. The summed E-state index contributed by atoms with van der Waals surface area (Å²) in [5.41, 5.74) is 3.95. The number of hydrogen-bond acceptors (Lipinski definition) is 5. The Bertz CT molecular complexity index is 920. The first-order valence-electron chi connectivity index (χ1n) is 12.8. The number of halogens is 3. The van der Waals surface area contributed by atoms with Crippen molar-refractivity contribution in [2.24, 2.45) is 17.3 Å². The van der Waals surface area contributed by atoms with Gasteiger partial charge in [-0.05, 0) is 68.8 Å². The van der Waals surface area contributed by atoms with Gasteiger partial charge in [-0.2, -0.15) is 13.2 Å². The van der Waals surface area contributed by atoms with Crippen LogP contribution in [0.15, 0.2) is 18.2 Å². The minimum atomic E-state index is -4.53. The second-order valence-electron chi connectivity index (χ2n) is 11.1. The second-order valence-corrected chi connectivity index (χ2v) is 11.1.